The molecule has 0 radical (unpaired) electrons. The lowest BCUT2D eigenvalue weighted by atomic mass is 10.4. The molecule has 0 bridgehead atoms. The van der Waals surface area contributed by atoms with Gasteiger partial charge in [-0.2, -0.15) is 0 Å². The number of carbonyl (C=O) groups is 2. The van der Waals surface area contributed by atoms with E-state index in [9.17, 15) is 9.59 Å². The largest absolute Gasteiger partial charge is 0.274 e. The van der Waals surface area contributed by atoms with Crippen LogP contribution in [0.1, 0.15) is 19.8 Å². The third kappa shape index (κ3) is 1.46. The van der Waals surface area contributed by atoms with Gasteiger partial charge in [-0.25, -0.2) is 0 Å². The molecule has 1 aliphatic rings. The number of amides is 2. The third-order valence-electron chi connectivity index (χ3n) is 1.37. The smallest absolute Gasteiger partial charge is 0.241 e. The van der Waals surface area contributed by atoms with E-state index in [4.69, 9.17) is 0 Å². The molecule has 4 heteroatoms. The zero-order valence-corrected chi connectivity index (χ0v) is 5.89. The van der Waals surface area contributed by atoms with Gasteiger partial charge in [0.2, 0.25) is 11.8 Å². The molecule has 2 amide bonds. The summed E-state index contributed by atoms with van der Waals surface area (Å²) >= 11 is 0. The van der Waals surface area contributed by atoms with Crippen LogP contribution in [0, 0.1) is 0 Å². The second-order valence-corrected chi connectivity index (χ2v) is 2.32. The highest BCUT2D eigenvalue weighted by molar-refractivity contribution is 5.82. The Bertz CT molecular complexity index is 167. The van der Waals surface area contributed by atoms with Crippen molar-refractivity contribution in [2.45, 2.75) is 19.8 Å². The number of hydrogen-bond donors (Lipinski definition) is 1. The number of nitrogens with one attached hydrogen (secondary N) is 1. The first-order chi connectivity index (χ1) is 4.70. The van der Waals surface area contributed by atoms with E-state index in [1.807, 2.05) is 0 Å². The number of carbonyl (C=O) groups excluding carboxylic acids is 2. The SMILES string of the molecule is CC(=O)NN1CCCC1=O. The number of hydrogen-bond acceptors (Lipinski definition) is 2. The Morgan fingerprint density at radius 3 is 2.80 bits per heavy atom. The summed E-state index contributed by atoms with van der Waals surface area (Å²) in [4.78, 5) is 21.3. The average Bonchev–Trinajstić information content (AvgIpc) is 2.15. The molecule has 1 heterocycles. The zero-order chi connectivity index (χ0) is 7.56. The molecule has 0 saturated carbocycles. The summed E-state index contributed by atoms with van der Waals surface area (Å²) < 4.78 is 0. The minimum absolute atomic E-state index is 0.00944. The molecule has 0 spiro atoms. The number of nitrogens with zero attached hydrogens (tertiary/aromatic N) is 1. The molecule has 56 valence electrons. The lowest BCUT2D eigenvalue weighted by Crippen LogP contribution is -2.41. The molecule has 4 nitrogen and oxygen atoms in total. The summed E-state index contributed by atoms with van der Waals surface area (Å²) in [5.74, 6) is -0.176. The summed E-state index contributed by atoms with van der Waals surface area (Å²) in [7, 11) is 0. The molecule has 1 N–H and O–H groups in total. The van der Waals surface area contributed by atoms with Gasteiger partial charge in [-0.3, -0.25) is 20.0 Å². The van der Waals surface area contributed by atoms with Crippen molar-refractivity contribution in [3.63, 3.8) is 0 Å². The molecule has 1 saturated heterocycles. The second kappa shape index (κ2) is 2.68. The summed E-state index contributed by atoms with van der Waals surface area (Å²) in [5, 5.41) is 1.36. The van der Waals surface area contributed by atoms with Crippen LogP contribution < -0.4 is 5.43 Å². The van der Waals surface area contributed by atoms with Crippen molar-refractivity contribution >= 4 is 11.8 Å². The molecule has 0 atom stereocenters. The maximum Gasteiger partial charge on any atom is 0.241 e. The van der Waals surface area contributed by atoms with Crippen LogP contribution in [0.4, 0.5) is 0 Å². The first-order valence-electron chi connectivity index (χ1n) is 3.28. The Balaban J connectivity index is 2.40. The zero-order valence-electron chi connectivity index (χ0n) is 5.89. The molecular formula is C6H10N2O2. The van der Waals surface area contributed by atoms with E-state index in [2.05, 4.69) is 5.43 Å². The van der Waals surface area contributed by atoms with Crippen molar-refractivity contribution < 1.29 is 9.59 Å². The molecule has 1 aliphatic heterocycles. The van der Waals surface area contributed by atoms with Crippen LogP contribution in [-0.4, -0.2) is 23.4 Å². The fraction of sp³-hybridized carbons (Fsp3) is 0.667. The molecule has 1 rings (SSSR count). The number of hydrazine groups is 1. The summed E-state index contributed by atoms with van der Waals surface area (Å²) in [6, 6.07) is 0. The van der Waals surface area contributed by atoms with E-state index in [0.29, 0.717) is 13.0 Å². The fourth-order valence-corrected chi connectivity index (χ4v) is 0.956. The van der Waals surface area contributed by atoms with Crippen molar-refractivity contribution in [1.29, 1.82) is 0 Å². The van der Waals surface area contributed by atoms with E-state index >= 15 is 0 Å². The quantitative estimate of drug-likeness (QED) is 0.544. The van der Waals surface area contributed by atoms with Gasteiger partial charge in [0.25, 0.3) is 0 Å². The van der Waals surface area contributed by atoms with Gasteiger partial charge in [0.1, 0.15) is 0 Å². The lowest BCUT2D eigenvalue weighted by molar-refractivity contribution is -0.137. The van der Waals surface area contributed by atoms with Crippen LogP contribution >= 0.6 is 0 Å². The van der Waals surface area contributed by atoms with Gasteiger partial charge >= 0.3 is 0 Å². The average molecular weight is 142 g/mol. The van der Waals surface area contributed by atoms with Crippen molar-refractivity contribution in [1.82, 2.24) is 10.4 Å². The highest BCUT2D eigenvalue weighted by Crippen LogP contribution is 2.05. The monoisotopic (exact) mass is 142 g/mol. The van der Waals surface area contributed by atoms with Crippen LogP contribution in [0.25, 0.3) is 0 Å². The maximum absolute atomic E-state index is 10.8. The Hall–Kier alpha value is -1.06. The van der Waals surface area contributed by atoms with Gasteiger partial charge in [0, 0.05) is 19.9 Å². The van der Waals surface area contributed by atoms with Crippen LogP contribution in [0.2, 0.25) is 0 Å². The van der Waals surface area contributed by atoms with E-state index < -0.39 is 0 Å². The van der Waals surface area contributed by atoms with Crippen LogP contribution in [-0.2, 0) is 9.59 Å². The molecule has 0 aromatic carbocycles. The van der Waals surface area contributed by atoms with E-state index in [0.717, 1.165) is 6.42 Å². The summed E-state index contributed by atoms with van der Waals surface area (Å²) in [6.45, 7) is 2.05. The van der Waals surface area contributed by atoms with E-state index in [-0.39, 0.29) is 11.8 Å². The first-order valence-corrected chi connectivity index (χ1v) is 3.28. The van der Waals surface area contributed by atoms with Crippen LogP contribution in [0.3, 0.4) is 0 Å². The second-order valence-electron chi connectivity index (χ2n) is 2.32. The fourth-order valence-electron chi connectivity index (χ4n) is 0.956. The Morgan fingerprint density at radius 1 is 1.70 bits per heavy atom. The molecule has 10 heavy (non-hydrogen) atoms. The molecule has 0 aromatic rings. The summed E-state index contributed by atoms with van der Waals surface area (Å²) in [5.41, 5.74) is 2.44. The highest BCUT2D eigenvalue weighted by Gasteiger charge is 2.20. The predicted molar refractivity (Wildman–Crippen MR) is 34.8 cm³/mol. The number of rotatable bonds is 1. The van der Waals surface area contributed by atoms with Gasteiger partial charge in [-0.1, -0.05) is 0 Å². The van der Waals surface area contributed by atoms with Gasteiger partial charge in [-0.15, -0.1) is 0 Å². The highest BCUT2D eigenvalue weighted by atomic mass is 16.2. The molecular weight excluding hydrogens is 132 g/mol. The van der Waals surface area contributed by atoms with Crippen molar-refractivity contribution in [3.8, 4) is 0 Å². The minimum atomic E-state index is -0.185. The normalized spacial score (nSPS) is 17.7. The Labute approximate surface area is 59.2 Å². The Kier molecular flexibility index (Phi) is 1.89. The van der Waals surface area contributed by atoms with E-state index in [1.54, 1.807) is 0 Å². The topological polar surface area (TPSA) is 49.4 Å². The van der Waals surface area contributed by atoms with Gasteiger partial charge in [0.05, 0.1) is 0 Å². The van der Waals surface area contributed by atoms with Crippen LogP contribution in [0.5, 0.6) is 0 Å². The van der Waals surface area contributed by atoms with Crippen molar-refractivity contribution in [2.24, 2.45) is 0 Å². The molecule has 1 fully saturated rings. The van der Waals surface area contributed by atoms with Gasteiger partial charge in [0.15, 0.2) is 0 Å². The maximum atomic E-state index is 10.8. The van der Waals surface area contributed by atoms with E-state index in [1.165, 1.54) is 11.9 Å². The van der Waals surface area contributed by atoms with Gasteiger partial charge in [-0.05, 0) is 6.42 Å². The predicted octanol–water partition coefficient (Wildman–Crippen LogP) is -0.340. The lowest BCUT2D eigenvalue weighted by Gasteiger charge is -2.14. The van der Waals surface area contributed by atoms with Gasteiger partial charge < -0.3 is 0 Å². The third-order valence-corrected chi connectivity index (χ3v) is 1.37. The first kappa shape index (κ1) is 7.05. The molecule has 0 aliphatic carbocycles. The molecule has 0 aromatic heterocycles. The van der Waals surface area contributed by atoms with Crippen molar-refractivity contribution in [2.75, 3.05) is 6.54 Å². The van der Waals surface area contributed by atoms with Crippen LogP contribution in [0.15, 0.2) is 0 Å². The summed E-state index contributed by atoms with van der Waals surface area (Å²) in [6.07, 6.45) is 1.40. The standard InChI is InChI=1S/C6H10N2O2/c1-5(9)7-8-4-2-3-6(8)10/h2-4H2,1H3,(H,7,9). The van der Waals surface area contributed by atoms with Crippen molar-refractivity contribution in [3.05, 3.63) is 0 Å². The minimum Gasteiger partial charge on any atom is -0.274 e. The Morgan fingerprint density at radius 2 is 2.40 bits per heavy atom. The molecule has 0 unspecified atom stereocenters.